The van der Waals surface area contributed by atoms with E-state index in [1.165, 1.54) is 36.8 Å². The molecule has 0 unspecified atom stereocenters. The maximum atomic E-state index is 12.4. The summed E-state index contributed by atoms with van der Waals surface area (Å²) in [7, 11) is 0. The number of unbranched alkanes of at least 4 members (excludes halogenated alkanes) is 1. The summed E-state index contributed by atoms with van der Waals surface area (Å²) in [4.78, 5) is 17.0. The third-order valence-electron chi connectivity index (χ3n) is 5.16. The van der Waals surface area contributed by atoms with E-state index >= 15 is 0 Å². The van der Waals surface area contributed by atoms with Crippen molar-refractivity contribution < 1.29 is 4.79 Å². The van der Waals surface area contributed by atoms with E-state index in [1.54, 1.807) is 11.3 Å². The number of benzene rings is 1. The van der Waals surface area contributed by atoms with Crippen LogP contribution in [0, 0.1) is 11.8 Å². The first-order valence-electron chi connectivity index (χ1n) is 9.38. The van der Waals surface area contributed by atoms with Gasteiger partial charge in [0, 0.05) is 18.9 Å². The average Bonchev–Trinajstić information content (AvgIpc) is 3.03. The van der Waals surface area contributed by atoms with E-state index in [0.29, 0.717) is 6.54 Å². The molecule has 0 spiro atoms. The molecule has 3 rings (SSSR count). The number of hydrogen-bond donors (Lipinski definition) is 1. The highest BCUT2D eigenvalue weighted by Gasteiger charge is 2.25. The van der Waals surface area contributed by atoms with Gasteiger partial charge in [0.05, 0.1) is 15.2 Å². The lowest BCUT2D eigenvalue weighted by molar-refractivity contribution is -0.126. The van der Waals surface area contributed by atoms with Gasteiger partial charge in [0.15, 0.2) is 0 Å². The molecule has 4 heteroatoms. The molecule has 1 N–H and O–H groups in total. The number of para-hydroxylation sites is 1. The number of nitrogens with one attached hydrogen (secondary N) is 1. The van der Waals surface area contributed by atoms with Gasteiger partial charge in [0.25, 0.3) is 0 Å². The Bertz CT molecular complexity index is 625. The summed E-state index contributed by atoms with van der Waals surface area (Å²) in [5.41, 5.74) is 1.06. The van der Waals surface area contributed by atoms with Crippen LogP contribution in [-0.2, 0) is 11.2 Å². The fraction of sp³-hybridized carbons (Fsp3) is 0.600. The van der Waals surface area contributed by atoms with Crippen LogP contribution in [0.15, 0.2) is 24.3 Å². The smallest absolute Gasteiger partial charge is 0.223 e. The molecule has 2 aromatic rings. The van der Waals surface area contributed by atoms with Crippen molar-refractivity contribution in [2.45, 2.75) is 58.3 Å². The minimum absolute atomic E-state index is 0.234. The lowest BCUT2D eigenvalue weighted by Gasteiger charge is -2.27. The number of nitrogens with zero attached hydrogens (tertiary/aromatic N) is 1. The van der Waals surface area contributed by atoms with Crippen LogP contribution in [0.3, 0.4) is 0 Å². The molecule has 0 saturated heterocycles. The molecule has 0 radical (unpaired) electrons. The van der Waals surface area contributed by atoms with Gasteiger partial charge in [-0.05, 0) is 43.7 Å². The third kappa shape index (κ3) is 4.56. The second-order valence-electron chi connectivity index (χ2n) is 6.98. The van der Waals surface area contributed by atoms with Gasteiger partial charge in [-0.25, -0.2) is 4.98 Å². The van der Waals surface area contributed by atoms with Crippen LogP contribution in [0.1, 0.15) is 56.9 Å². The summed E-state index contributed by atoms with van der Waals surface area (Å²) in [6.07, 6.45) is 9.41. The van der Waals surface area contributed by atoms with E-state index in [4.69, 9.17) is 0 Å². The lowest BCUT2D eigenvalue weighted by atomic mass is 9.79. The summed E-state index contributed by atoms with van der Waals surface area (Å²) in [6, 6.07) is 8.21. The molecule has 1 saturated carbocycles. The predicted octanol–water partition coefficient (Wildman–Crippen LogP) is 4.95. The Kier molecular flexibility index (Phi) is 6.24. The normalized spacial score (nSPS) is 21.0. The number of rotatable bonds is 7. The number of carbonyl (C=O) groups excluding carboxylic acids is 1. The Morgan fingerprint density at radius 3 is 2.79 bits per heavy atom. The average molecular weight is 345 g/mol. The van der Waals surface area contributed by atoms with Gasteiger partial charge in [0.2, 0.25) is 5.91 Å². The van der Waals surface area contributed by atoms with Crippen LogP contribution < -0.4 is 5.32 Å². The first-order chi connectivity index (χ1) is 11.8. The highest BCUT2D eigenvalue weighted by molar-refractivity contribution is 7.18. The quantitative estimate of drug-likeness (QED) is 0.772. The van der Waals surface area contributed by atoms with Crippen LogP contribution >= 0.6 is 11.3 Å². The van der Waals surface area contributed by atoms with Gasteiger partial charge < -0.3 is 5.32 Å². The molecule has 1 amide bonds. The minimum Gasteiger partial charge on any atom is -0.355 e. The zero-order valence-electron chi connectivity index (χ0n) is 14.6. The Morgan fingerprint density at radius 1 is 1.25 bits per heavy atom. The van der Waals surface area contributed by atoms with Crippen molar-refractivity contribution in [2.24, 2.45) is 11.8 Å². The standard InChI is InChI=1S/C20H28N2OS/c1-2-3-6-15-9-11-16(12-10-15)20(23)21-14-13-19-22-17-7-4-5-8-18(17)24-19/h4-5,7-8,15-16H,2-3,6,9-14H2,1H3,(H,21,23). The highest BCUT2D eigenvalue weighted by Crippen LogP contribution is 2.32. The predicted molar refractivity (Wildman–Crippen MR) is 101 cm³/mol. The van der Waals surface area contributed by atoms with Crippen molar-refractivity contribution in [1.82, 2.24) is 10.3 Å². The summed E-state index contributed by atoms with van der Waals surface area (Å²) < 4.78 is 1.23. The highest BCUT2D eigenvalue weighted by atomic mass is 32.1. The summed E-state index contributed by atoms with van der Waals surface area (Å²) in [5, 5.41) is 4.24. The van der Waals surface area contributed by atoms with E-state index in [-0.39, 0.29) is 11.8 Å². The topological polar surface area (TPSA) is 42.0 Å². The van der Waals surface area contributed by atoms with Crippen LogP contribution in [0.25, 0.3) is 10.2 Å². The van der Waals surface area contributed by atoms with Crippen LogP contribution in [0.2, 0.25) is 0 Å². The maximum absolute atomic E-state index is 12.4. The fourth-order valence-electron chi connectivity index (χ4n) is 3.67. The minimum atomic E-state index is 0.234. The number of amides is 1. The van der Waals surface area contributed by atoms with Gasteiger partial charge in [-0.15, -0.1) is 11.3 Å². The van der Waals surface area contributed by atoms with Crippen LogP contribution in [-0.4, -0.2) is 17.4 Å². The molecule has 1 aliphatic carbocycles. The van der Waals surface area contributed by atoms with Gasteiger partial charge >= 0.3 is 0 Å². The molecular formula is C20H28N2OS. The Hall–Kier alpha value is -1.42. The molecule has 0 aliphatic heterocycles. The molecular weight excluding hydrogens is 316 g/mol. The Balaban J connectivity index is 1.40. The number of carbonyl (C=O) groups is 1. The van der Waals surface area contributed by atoms with Gasteiger partial charge in [-0.2, -0.15) is 0 Å². The van der Waals surface area contributed by atoms with Gasteiger partial charge in [-0.3, -0.25) is 4.79 Å². The Morgan fingerprint density at radius 2 is 2.04 bits per heavy atom. The fourth-order valence-corrected chi connectivity index (χ4v) is 4.64. The van der Waals surface area contributed by atoms with E-state index in [0.717, 1.165) is 35.7 Å². The zero-order chi connectivity index (χ0) is 16.8. The van der Waals surface area contributed by atoms with E-state index < -0.39 is 0 Å². The molecule has 0 bridgehead atoms. The van der Waals surface area contributed by atoms with E-state index in [9.17, 15) is 4.79 Å². The number of thiazole rings is 1. The largest absolute Gasteiger partial charge is 0.355 e. The second-order valence-corrected chi connectivity index (χ2v) is 8.09. The first kappa shape index (κ1) is 17.4. The summed E-state index contributed by atoms with van der Waals surface area (Å²) in [5.74, 6) is 1.35. The third-order valence-corrected chi connectivity index (χ3v) is 6.26. The molecule has 1 aliphatic rings. The molecule has 0 atom stereocenters. The summed E-state index contributed by atoms with van der Waals surface area (Å²) in [6.45, 7) is 2.96. The van der Waals surface area contributed by atoms with Crippen LogP contribution in [0.5, 0.6) is 0 Å². The van der Waals surface area contributed by atoms with E-state index in [2.05, 4.69) is 23.3 Å². The lowest BCUT2D eigenvalue weighted by Crippen LogP contribution is -2.34. The first-order valence-corrected chi connectivity index (χ1v) is 10.2. The Labute approximate surface area is 148 Å². The van der Waals surface area contributed by atoms with Crippen molar-refractivity contribution in [3.05, 3.63) is 29.3 Å². The molecule has 1 heterocycles. The second kappa shape index (κ2) is 8.61. The SMILES string of the molecule is CCCCC1CCC(C(=O)NCCc2nc3ccccc3s2)CC1. The molecule has 24 heavy (non-hydrogen) atoms. The zero-order valence-corrected chi connectivity index (χ0v) is 15.4. The van der Waals surface area contributed by atoms with Crippen molar-refractivity contribution >= 4 is 27.5 Å². The van der Waals surface area contributed by atoms with Gasteiger partial charge in [-0.1, -0.05) is 38.3 Å². The van der Waals surface area contributed by atoms with Gasteiger partial charge in [0.1, 0.15) is 0 Å². The maximum Gasteiger partial charge on any atom is 0.223 e. The van der Waals surface area contributed by atoms with Crippen molar-refractivity contribution in [3.63, 3.8) is 0 Å². The number of aromatic nitrogens is 1. The van der Waals surface area contributed by atoms with E-state index in [1.807, 2.05) is 18.2 Å². The molecule has 1 aromatic carbocycles. The van der Waals surface area contributed by atoms with Crippen molar-refractivity contribution in [2.75, 3.05) is 6.54 Å². The molecule has 1 fully saturated rings. The van der Waals surface area contributed by atoms with Crippen molar-refractivity contribution in [1.29, 1.82) is 0 Å². The van der Waals surface area contributed by atoms with Crippen LogP contribution in [0.4, 0.5) is 0 Å². The summed E-state index contributed by atoms with van der Waals surface area (Å²) >= 11 is 1.73. The van der Waals surface area contributed by atoms with Crippen molar-refractivity contribution in [3.8, 4) is 0 Å². The number of fused-ring (bicyclic) bond motifs is 1. The monoisotopic (exact) mass is 344 g/mol. The molecule has 130 valence electrons. The molecule has 1 aromatic heterocycles. The number of hydrogen-bond acceptors (Lipinski definition) is 3. The molecule has 3 nitrogen and oxygen atoms in total.